The van der Waals surface area contributed by atoms with E-state index in [1.165, 1.54) is 45.6 Å². The Labute approximate surface area is 210 Å². The predicted octanol–water partition coefficient (Wildman–Crippen LogP) is 3.94. The van der Waals surface area contributed by atoms with Crippen molar-refractivity contribution in [2.75, 3.05) is 33.3 Å². The summed E-state index contributed by atoms with van der Waals surface area (Å²) in [5, 5.41) is 2.56. The van der Waals surface area contributed by atoms with Crippen LogP contribution in [-0.2, 0) is 9.53 Å². The van der Waals surface area contributed by atoms with Crippen LogP contribution in [0, 0.1) is 0 Å². The molecule has 0 radical (unpaired) electrons. The van der Waals surface area contributed by atoms with E-state index in [1.54, 1.807) is 24.3 Å². The van der Waals surface area contributed by atoms with Gasteiger partial charge in [-0.05, 0) is 24.3 Å². The van der Waals surface area contributed by atoms with E-state index in [4.69, 9.17) is 30.5 Å². The number of hydrogen-bond donors (Lipinski definition) is 1. The Balaban J connectivity index is 1.49. The summed E-state index contributed by atoms with van der Waals surface area (Å²) in [6.07, 6.45) is 0. The van der Waals surface area contributed by atoms with Crippen LogP contribution >= 0.6 is 11.6 Å². The number of carbonyl (C=O) groups excluding carboxylic acids is 4. The van der Waals surface area contributed by atoms with Gasteiger partial charge in [0, 0.05) is 22.3 Å². The Bertz CT molecular complexity index is 1390. The third-order valence-electron chi connectivity index (χ3n) is 5.52. The zero-order chi connectivity index (χ0) is 26.0. The van der Waals surface area contributed by atoms with Crippen LogP contribution in [0.5, 0.6) is 17.2 Å². The fourth-order valence-electron chi connectivity index (χ4n) is 3.81. The van der Waals surface area contributed by atoms with Gasteiger partial charge >= 0.3 is 5.97 Å². The van der Waals surface area contributed by atoms with Crippen molar-refractivity contribution < 1.29 is 38.1 Å². The molecule has 0 heterocycles. The highest BCUT2D eigenvalue weighted by Crippen LogP contribution is 2.38. The molecule has 1 aliphatic rings. The van der Waals surface area contributed by atoms with E-state index in [1.807, 2.05) is 0 Å². The summed E-state index contributed by atoms with van der Waals surface area (Å²) in [4.78, 5) is 50.7. The number of ether oxygens (including phenoxy) is 4. The average molecular weight is 510 g/mol. The van der Waals surface area contributed by atoms with Crippen molar-refractivity contribution in [3.63, 3.8) is 0 Å². The molecule has 0 unspecified atom stereocenters. The molecule has 3 aromatic carbocycles. The number of methoxy groups -OCH3 is 3. The highest BCUT2D eigenvalue weighted by molar-refractivity contribution is 6.36. The zero-order valence-electron chi connectivity index (χ0n) is 19.5. The molecule has 0 atom stereocenters. The Hall–Kier alpha value is -4.37. The molecule has 0 aromatic heterocycles. The van der Waals surface area contributed by atoms with E-state index >= 15 is 0 Å². The van der Waals surface area contributed by atoms with Gasteiger partial charge < -0.3 is 24.3 Å². The molecule has 0 aliphatic heterocycles. The molecule has 0 saturated heterocycles. The average Bonchev–Trinajstić information content (AvgIpc) is 2.90. The highest BCUT2D eigenvalue weighted by atomic mass is 35.5. The largest absolute Gasteiger partial charge is 0.493 e. The maximum absolute atomic E-state index is 12.9. The SMILES string of the molecule is COc1cc(C(=O)OCC(=O)Nc2cc3c(cc2Cl)C(=O)c2ccccc2C3=O)cc(OC)c1OC. The van der Waals surface area contributed by atoms with Gasteiger partial charge in [0.2, 0.25) is 5.75 Å². The fourth-order valence-corrected chi connectivity index (χ4v) is 4.02. The topological polar surface area (TPSA) is 117 Å². The summed E-state index contributed by atoms with van der Waals surface area (Å²) in [6, 6.07) is 11.9. The molecule has 10 heteroatoms. The molecule has 36 heavy (non-hydrogen) atoms. The van der Waals surface area contributed by atoms with E-state index in [2.05, 4.69) is 5.32 Å². The van der Waals surface area contributed by atoms with Gasteiger partial charge in [-0.25, -0.2) is 4.79 Å². The fraction of sp³-hybridized carbons (Fsp3) is 0.154. The summed E-state index contributed by atoms with van der Waals surface area (Å²) in [5.41, 5.74) is 1.01. The van der Waals surface area contributed by atoms with Crippen LogP contribution in [0.15, 0.2) is 48.5 Å². The van der Waals surface area contributed by atoms with Gasteiger partial charge in [-0.3, -0.25) is 14.4 Å². The van der Waals surface area contributed by atoms with Crippen molar-refractivity contribution in [1.82, 2.24) is 0 Å². The molecule has 0 bridgehead atoms. The normalized spacial score (nSPS) is 11.8. The van der Waals surface area contributed by atoms with Crippen molar-refractivity contribution in [1.29, 1.82) is 0 Å². The molecule has 3 aromatic rings. The minimum atomic E-state index is -0.807. The summed E-state index contributed by atoms with van der Waals surface area (Å²) >= 11 is 6.27. The van der Waals surface area contributed by atoms with Crippen molar-refractivity contribution in [2.45, 2.75) is 0 Å². The third kappa shape index (κ3) is 4.48. The van der Waals surface area contributed by atoms with E-state index in [-0.39, 0.29) is 56.0 Å². The number of esters is 1. The molecule has 0 fully saturated rings. The van der Waals surface area contributed by atoms with E-state index < -0.39 is 18.5 Å². The van der Waals surface area contributed by atoms with Gasteiger partial charge in [0.1, 0.15) is 0 Å². The molecule has 0 saturated carbocycles. The molecule has 1 amide bonds. The Morgan fingerprint density at radius 1 is 0.806 bits per heavy atom. The van der Waals surface area contributed by atoms with Gasteiger partial charge in [0.25, 0.3) is 5.91 Å². The van der Waals surface area contributed by atoms with Crippen LogP contribution in [-0.4, -0.2) is 51.4 Å². The molecule has 1 aliphatic carbocycles. The quantitative estimate of drug-likeness (QED) is 0.372. The first-order valence-corrected chi connectivity index (χ1v) is 11.0. The Kier molecular flexibility index (Phi) is 6.93. The van der Waals surface area contributed by atoms with Crippen LogP contribution < -0.4 is 19.5 Å². The number of rotatable bonds is 7. The van der Waals surface area contributed by atoms with E-state index in [0.29, 0.717) is 11.3 Å². The van der Waals surface area contributed by atoms with Gasteiger partial charge in [-0.2, -0.15) is 0 Å². The van der Waals surface area contributed by atoms with Crippen molar-refractivity contribution in [3.8, 4) is 17.2 Å². The number of fused-ring (bicyclic) bond motifs is 2. The highest BCUT2D eigenvalue weighted by Gasteiger charge is 2.30. The van der Waals surface area contributed by atoms with Crippen molar-refractivity contribution in [3.05, 3.63) is 81.4 Å². The second kappa shape index (κ2) is 10.1. The maximum Gasteiger partial charge on any atom is 0.338 e. The molecule has 9 nitrogen and oxygen atoms in total. The number of halogens is 1. The first-order chi connectivity index (χ1) is 17.3. The first-order valence-electron chi connectivity index (χ1n) is 10.6. The van der Waals surface area contributed by atoms with Gasteiger partial charge in [-0.1, -0.05) is 35.9 Å². The van der Waals surface area contributed by atoms with Crippen LogP contribution in [0.25, 0.3) is 0 Å². The standard InChI is InChI=1S/C26H20ClNO8/c1-33-20-8-13(9-21(34-2)25(20)35-3)26(32)36-12-22(29)28-19-11-17-16(10-18(19)27)23(30)14-6-4-5-7-15(14)24(17)31/h4-11H,12H2,1-3H3,(H,28,29). The summed E-state index contributed by atoms with van der Waals surface area (Å²) in [6.45, 7) is -0.640. The van der Waals surface area contributed by atoms with Crippen molar-refractivity contribution >= 4 is 40.7 Å². The second-order valence-electron chi connectivity index (χ2n) is 7.62. The monoisotopic (exact) mass is 509 g/mol. The number of nitrogens with one attached hydrogen (secondary N) is 1. The second-order valence-corrected chi connectivity index (χ2v) is 8.03. The predicted molar refractivity (Wildman–Crippen MR) is 130 cm³/mol. The molecule has 0 spiro atoms. The molecule has 1 N–H and O–H groups in total. The van der Waals surface area contributed by atoms with E-state index in [9.17, 15) is 19.2 Å². The summed E-state index contributed by atoms with van der Waals surface area (Å²) in [7, 11) is 4.23. The minimum Gasteiger partial charge on any atom is -0.493 e. The number of anilines is 1. The van der Waals surface area contributed by atoms with Crippen LogP contribution in [0.4, 0.5) is 5.69 Å². The Morgan fingerprint density at radius 3 is 1.89 bits per heavy atom. The lowest BCUT2D eigenvalue weighted by Crippen LogP contribution is -2.23. The summed E-state index contributed by atoms with van der Waals surface area (Å²) < 4.78 is 20.7. The van der Waals surface area contributed by atoms with Crippen molar-refractivity contribution in [2.24, 2.45) is 0 Å². The van der Waals surface area contributed by atoms with Gasteiger partial charge in [0.05, 0.1) is 37.6 Å². The van der Waals surface area contributed by atoms with Crippen LogP contribution in [0.2, 0.25) is 5.02 Å². The molecule has 4 rings (SSSR count). The number of hydrogen-bond acceptors (Lipinski definition) is 8. The summed E-state index contributed by atoms with van der Waals surface area (Å²) in [5.74, 6) is -1.41. The number of carbonyl (C=O) groups is 4. The number of ketones is 2. The lowest BCUT2D eigenvalue weighted by atomic mass is 9.84. The van der Waals surface area contributed by atoms with Crippen LogP contribution in [0.1, 0.15) is 42.2 Å². The Morgan fingerprint density at radius 2 is 1.36 bits per heavy atom. The van der Waals surface area contributed by atoms with Gasteiger partial charge in [-0.15, -0.1) is 0 Å². The molecular formula is C26H20ClNO8. The smallest absolute Gasteiger partial charge is 0.338 e. The van der Waals surface area contributed by atoms with Crippen LogP contribution in [0.3, 0.4) is 0 Å². The minimum absolute atomic E-state index is 0.0542. The molecule has 184 valence electrons. The third-order valence-corrected chi connectivity index (χ3v) is 5.83. The maximum atomic E-state index is 12.9. The lowest BCUT2D eigenvalue weighted by molar-refractivity contribution is -0.119. The van der Waals surface area contributed by atoms with E-state index in [0.717, 1.165) is 0 Å². The number of amides is 1. The molecular weight excluding hydrogens is 490 g/mol. The first kappa shape index (κ1) is 24.7. The van der Waals surface area contributed by atoms with Gasteiger partial charge in [0.15, 0.2) is 29.7 Å². The lowest BCUT2D eigenvalue weighted by Gasteiger charge is -2.19. The zero-order valence-corrected chi connectivity index (χ0v) is 20.2. The number of benzene rings is 3.